The Balaban J connectivity index is 3.40. The molecule has 0 heterocycles. The predicted octanol–water partition coefficient (Wildman–Crippen LogP) is 4.87. The van der Waals surface area contributed by atoms with Crippen molar-refractivity contribution in [2.45, 2.75) is 104 Å². The van der Waals surface area contributed by atoms with Gasteiger partial charge in [0.2, 0.25) is 0 Å². The Kier molecular flexibility index (Phi) is 13.2. The molecule has 0 bridgehead atoms. The Morgan fingerprint density at radius 2 is 1.32 bits per heavy atom. The van der Waals surface area contributed by atoms with Crippen molar-refractivity contribution in [1.29, 1.82) is 0 Å². The Hall–Kier alpha value is -0.170. The second-order valence-corrected chi connectivity index (χ2v) is 7.06. The van der Waals surface area contributed by atoms with Crippen LogP contribution in [0.1, 0.15) is 91.4 Å². The third-order valence-electron chi connectivity index (χ3n) is 3.65. The summed E-state index contributed by atoms with van der Waals surface area (Å²) in [6.07, 6.45) is 12.7. The molecule has 134 valence electrons. The summed E-state index contributed by atoms with van der Waals surface area (Å²) in [7, 11) is -4.44. The lowest BCUT2D eigenvalue weighted by Crippen LogP contribution is -2.22. The fraction of sp³-hybridized carbons (Fsp3) is 1.00. The fourth-order valence-electron chi connectivity index (χ4n) is 2.51. The maximum atomic E-state index is 10.5. The summed E-state index contributed by atoms with van der Waals surface area (Å²) >= 11 is 0. The first-order valence-corrected chi connectivity index (χ1v) is 10.0. The highest BCUT2D eigenvalue weighted by molar-refractivity contribution is 7.80. The molecule has 0 saturated heterocycles. The van der Waals surface area contributed by atoms with E-state index in [-0.39, 0.29) is 6.10 Å². The lowest BCUT2D eigenvalue weighted by Gasteiger charge is -2.17. The second-order valence-electron chi connectivity index (χ2n) is 6.01. The summed E-state index contributed by atoms with van der Waals surface area (Å²) in [5.41, 5.74) is 0. The Morgan fingerprint density at radius 1 is 0.864 bits per heavy atom. The van der Waals surface area contributed by atoms with E-state index in [0.717, 1.165) is 12.8 Å². The van der Waals surface area contributed by atoms with Crippen LogP contribution in [0.25, 0.3) is 0 Å². The number of unbranched alkanes of at least 4 members (excludes halogenated alkanes) is 9. The molecule has 0 spiro atoms. The minimum Gasteiger partial charge on any atom is -0.349 e. The average molecular weight is 339 g/mol. The van der Waals surface area contributed by atoms with E-state index in [4.69, 9.17) is 9.29 Å². The summed E-state index contributed by atoms with van der Waals surface area (Å²) in [6, 6.07) is 0. The fourth-order valence-corrected chi connectivity index (χ4v) is 2.90. The highest BCUT2D eigenvalue weighted by Gasteiger charge is 2.15. The van der Waals surface area contributed by atoms with Crippen molar-refractivity contribution >= 4 is 10.4 Å². The van der Waals surface area contributed by atoms with Crippen molar-refractivity contribution in [3.8, 4) is 0 Å². The highest BCUT2D eigenvalue weighted by Crippen LogP contribution is 2.14. The van der Waals surface area contributed by atoms with E-state index in [9.17, 15) is 8.42 Å². The molecule has 0 aromatic rings. The highest BCUT2D eigenvalue weighted by atomic mass is 32.3. The molecule has 2 unspecified atom stereocenters. The SMILES string of the molecule is CCCCCCCCCCCCC(C)OC(C)OS(=O)(=O)O. The molecule has 0 saturated carbocycles. The smallest absolute Gasteiger partial charge is 0.349 e. The van der Waals surface area contributed by atoms with Crippen LogP contribution in [0.5, 0.6) is 0 Å². The van der Waals surface area contributed by atoms with Crippen LogP contribution in [0, 0.1) is 0 Å². The zero-order valence-corrected chi connectivity index (χ0v) is 15.2. The maximum absolute atomic E-state index is 10.5. The molecule has 0 aliphatic rings. The van der Waals surface area contributed by atoms with Crippen LogP contribution in [0.4, 0.5) is 0 Å². The summed E-state index contributed by atoms with van der Waals surface area (Å²) < 4.78 is 39.2. The van der Waals surface area contributed by atoms with E-state index in [1.807, 2.05) is 6.92 Å². The molecule has 0 radical (unpaired) electrons. The van der Waals surface area contributed by atoms with E-state index in [1.54, 1.807) is 0 Å². The molecule has 0 fully saturated rings. The van der Waals surface area contributed by atoms with Crippen molar-refractivity contribution in [2.24, 2.45) is 0 Å². The first-order chi connectivity index (χ1) is 10.3. The van der Waals surface area contributed by atoms with Crippen LogP contribution in [-0.2, 0) is 19.3 Å². The van der Waals surface area contributed by atoms with Gasteiger partial charge in [-0.15, -0.1) is 0 Å². The van der Waals surface area contributed by atoms with Gasteiger partial charge in [0.15, 0.2) is 6.29 Å². The minimum atomic E-state index is -4.44. The molecule has 0 aromatic carbocycles. The van der Waals surface area contributed by atoms with Crippen molar-refractivity contribution in [3.05, 3.63) is 0 Å². The van der Waals surface area contributed by atoms with Gasteiger partial charge in [0.25, 0.3) is 0 Å². The standard InChI is InChI=1S/C16H34O5S/c1-4-5-6-7-8-9-10-11-12-13-14-15(2)20-16(3)21-22(17,18)19/h15-16H,4-14H2,1-3H3,(H,17,18,19). The van der Waals surface area contributed by atoms with E-state index in [1.165, 1.54) is 64.7 Å². The van der Waals surface area contributed by atoms with Gasteiger partial charge in [0, 0.05) is 0 Å². The van der Waals surface area contributed by atoms with Crippen molar-refractivity contribution in [1.82, 2.24) is 0 Å². The molecular weight excluding hydrogens is 304 g/mol. The van der Waals surface area contributed by atoms with E-state index in [0.29, 0.717) is 0 Å². The quantitative estimate of drug-likeness (QED) is 0.262. The summed E-state index contributed by atoms with van der Waals surface area (Å²) in [6.45, 7) is 5.58. The molecule has 5 nitrogen and oxygen atoms in total. The van der Waals surface area contributed by atoms with Crippen LogP contribution in [0.2, 0.25) is 0 Å². The van der Waals surface area contributed by atoms with Crippen molar-refractivity contribution in [3.63, 3.8) is 0 Å². The number of rotatable bonds is 15. The van der Waals surface area contributed by atoms with Crippen LogP contribution in [0.15, 0.2) is 0 Å². The lowest BCUT2D eigenvalue weighted by atomic mass is 10.0. The molecule has 2 atom stereocenters. The predicted molar refractivity (Wildman–Crippen MR) is 89.1 cm³/mol. The maximum Gasteiger partial charge on any atom is 0.399 e. The van der Waals surface area contributed by atoms with Gasteiger partial charge in [0.1, 0.15) is 0 Å². The van der Waals surface area contributed by atoms with Crippen molar-refractivity contribution in [2.75, 3.05) is 0 Å². The van der Waals surface area contributed by atoms with E-state index < -0.39 is 16.7 Å². The van der Waals surface area contributed by atoms with Gasteiger partial charge in [0.05, 0.1) is 6.10 Å². The van der Waals surface area contributed by atoms with Crippen LogP contribution < -0.4 is 0 Å². The van der Waals surface area contributed by atoms with Gasteiger partial charge in [-0.2, -0.15) is 8.42 Å². The average Bonchev–Trinajstić information content (AvgIpc) is 2.38. The molecule has 1 N–H and O–H groups in total. The van der Waals surface area contributed by atoms with E-state index in [2.05, 4.69) is 11.1 Å². The van der Waals surface area contributed by atoms with Crippen molar-refractivity contribution < 1.29 is 21.9 Å². The zero-order valence-electron chi connectivity index (χ0n) is 14.4. The minimum absolute atomic E-state index is 0.0780. The topological polar surface area (TPSA) is 72.8 Å². The Morgan fingerprint density at radius 3 is 1.77 bits per heavy atom. The third kappa shape index (κ3) is 16.2. The normalized spacial score (nSPS) is 14.9. The molecule has 0 amide bonds. The summed E-state index contributed by atoms with van der Waals surface area (Å²) in [5.74, 6) is 0. The summed E-state index contributed by atoms with van der Waals surface area (Å²) in [5, 5.41) is 0. The number of ether oxygens (including phenoxy) is 1. The zero-order chi connectivity index (χ0) is 16.8. The van der Waals surface area contributed by atoms with Crippen LogP contribution in [-0.4, -0.2) is 25.4 Å². The molecule has 0 aliphatic heterocycles. The molecule has 0 rings (SSSR count). The second kappa shape index (κ2) is 13.3. The molecular formula is C16H34O5S. The Bertz CT molecular complexity index is 342. The summed E-state index contributed by atoms with van der Waals surface area (Å²) in [4.78, 5) is 0. The van der Waals surface area contributed by atoms with Crippen LogP contribution in [0.3, 0.4) is 0 Å². The number of hydrogen-bond acceptors (Lipinski definition) is 4. The largest absolute Gasteiger partial charge is 0.399 e. The van der Waals surface area contributed by atoms with Crippen LogP contribution >= 0.6 is 0 Å². The molecule has 0 aliphatic carbocycles. The van der Waals surface area contributed by atoms with Gasteiger partial charge < -0.3 is 4.74 Å². The number of hydrogen-bond donors (Lipinski definition) is 1. The van der Waals surface area contributed by atoms with Gasteiger partial charge >= 0.3 is 10.4 Å². The molecule has 22 heavy (non-hydrogen) atoms. The third-order valence-corrected chi connectivity index (χ3v) is 4.16. The molecule has 6 heteroatoms. The molecule has 0 aromatic heterocycles. The van der Waals surface area contributed by atoms with E-state index >= 15 is 0 Å². The monoisotopic (exact) mass is 338 g/mol. The van der Waals surface area contributed by atoms with Gasteiger partial charge in [-0.25, -0.2) is 4.18 Å². The van der Waals surface area contributed by atoms with Gasteiger partial charge in [-0.1, -0.05) is 71.1 Å². The first kappa shape index (κ1) is 21.8. The van der Waals surface area contributed by atoms with Gasteiger partial charge in [-0.05, 0) is 20.3 Å². The lowest BCUT2D eigenvalue weighted by molar-refractivity contribution is -0.104. The first-order valence-electron chi connectivity index (χ1n) is 8.66. The Labute approximate surface area is 136 Å². The van der Waals surface area contributed by atoms with Gasteiger partial charge in [-0.3, -0.25) is 4.55 Å².